The van der Waals surface area contributed by atoms with Crippen LogP contribution in [0.25, 0.3) is 10.4 Å². The molecular formula is C16H17N3O2S. The third-order valence-electron chi connectivity index (χ3n) is 3.67. The standard InChI is InChI=1S/C16H17N3O2S/c1-10-4-5-14(22-10)11-6-13-12(17-8-11)7-15(20)19(13)9-16(21)18(2)3/h4-6,8H,7,9H2,1-3H3. The van der Waals surface area contributed by atoms with Crippen LogP contribution in [0.5, 0.6) is 0 Å². The summed E-state index contributed by atoms with van der Waals surface area (Å²) in [5, 5.41) is 0. The van der Waals surface area contributed by atoms with Gasteiger partial charge in [0.2, 0.25) is 11.8 Å². The molecule has 2 aromatic heterocycles. The minimum Gasteiger partial charge on any atom is -0.347 e. The van der Waals surface area contributed by atoms with Crippen LogP contribution in [0.4, 0.5) is 5.69 Å². The highest BCUT2D eigenvalue weighted by atomic mass is 32.1. The maximum absolute atomic E-state index is 12.2. The van der Waals surface area contributed by atoms with Crippen molar-refractivity contribution in [2.24, 2.45) is 0 Å². The summed E-state index contributed by atoms with van der Waals surface area (Å²) in [6, 6.07) is 6.07. The second kappa shape index (κ2) is 5.53. The number of thiophene rings is 1. The fourth-order valence-electron chi connectivity index (χ4n) is 2.40. The van der Waals surface area contributed by atoms with Crippen molar-refractivity contribution in [3.63, 3.8) is 0 Å². The Morgan fingerprint density at radius 1 is 1.41 bits per heavy atom. The van der Waals surface area contributed by atoms with E-state index in [1.165, 1.54) is 14.7 Å². The van der Waals surface area contributed by atoms with E-state index in [1.807, 2.05) is 6.07 Å². The van der Waals surface area contributed by atoms with Crippen molar-refractivity contribution < 1.29 is 9.59 Å². The first-order chi connectivity index (χ1) is 10.5. The van der Waals surface area contributed by atoms with E-state index in [0.29, 0.717) is 0 Å². The number of amides is 2. The van der Waals surface area contributed by atoms with Gasteiger partial charge in [0.25, 0.3) is 0 Å². The molecule has 114 valence electrons. The van der Waals surface area contributed by atoms with Gasteiger partial charge in [0.05, 0.1) is 17.8 Å². The molecule has 0 bridgehead atoms. The van der Waals surface area contributed by atoms with E-state index >= 15 is 0 Å². The molecule has 0 saturated heterocycles. The third kappa shape index (κ3) is 2.62. The van der Waals surface area contributed by atoms with E-state index in [9.17, 15) is 9.59 Å². The van der Waals surface area contributed by atoms with Gasteiger partial charge in [-0.3, -0.25) is 14.6 Å². The van der Waals surface area contributed by atoms with Crippen molar-refractivity contribution in [2.75, 3.05) is 25.5 Å². The highest BCUT2D eigenvalue weighted by Gasteiger charge is 2.30. The number of hydrogen-bond acceptors (Lipinski definition) is 4. The Hall–Kier alpha value is -2.21. The molecule has 1 aliphatic heterocycles. The number of fused-ring (bicyclic) bond motifs is 1. The van der Waals surface area contributed by atoms with E-state index < -0.39 is 0 Å². The average Bonchev–Trinajstić information content (AvgIpc) is 3.03. The third-order valence-corrected chi connectivity index (χ3v) is 4.72. The van der Waals surface area contributed by atoms with Crippen molar-refractivity contribution in [1.29, 1.82) is 0 Å². The highest BCUT2D eigenvalue weighted by molar-refractivity contribution is 7.15. The number of carbonyl (C=O) groups excluding carboxylic acids is 2. The summed E-state index contributed by atoms with van der Waals surface area (Å²) >= 11 is 1.69. The Morgan fingerprint density at radius 3 is 2.82 bits per heavy atom. The summed E-state index contributed by atoms with van der Waals surface area (Å²) in [6.45, 7) is 2.12. The molecule has 0 atom stereocenters. The maximum atomic E-state index is 12.2. The molecule has 0 fully saturated rings. The minimum absolute atomic E-state index is 0.0629. The number of anilines is 1. The number of aryl methyl sites for hydroxylation is 1. The number of likely N-dealkylation sites (N-methyl/N-ethyl adjacent to an activating group) is 1. The topological polar surface area (TPSA) is 53.5 Å². The van der Waals surface area contributed by atoms with Crippen molar-refractivity contribution in [3.8, 4) is 10.4 Å². The van der Waals surface area contributed by atoms with Gasteiger partial charge in [-0.05, 0) is 25.1 Å². The predicted octanol–water partition coefficient (Wildman–Crippen LogP) is 2.10. The molecule has 2 aromatic rings. The Morgan fingerprint density at radius 2 is 2.18 bits per heavy atom. The molecule has 3 rings (SSSR count). The van der Waals surface area contributed by atoms with E-state index in [2.05, 4.69) is 24.0 Å². The lowest BCUT2D eigenvalue weighted by Gasteiger charge is -2.19. The summed E-state index contributed by atoms with van der Waals surface area (Å²) in [5.74, 6) is -0.171. The first-order valence-electron chi connectivity index (χ1n) is 7.02. The second-order valence-electron chi connectivity index (χ2n) is 5.54. The fourth-order valence-corrected chi connectivity index (χ4v) is 3.25. The van der Waals surface area contributed by atoms with Crippen LogP contribution in [0.15, 0.2) is 24.4 Å². The van der Waals surface area contributed by atoms with Crippen LogP contribution in [0, 0.1) is 6.92 Å². The summed E-state index contributed by atoms with van der Waals surface area (Å²) in [5.41, 5.74) is 2.48. The lowest BCUT2D eigenvalue weighted by atomic mass is 10.2. The summed E-state index contributed by atoms with van der Waals surface area (Å²) in [6.07, 6.45) is 2.06. The average molecular weight is 315 g/mol. The molecule has 0 aromatic carbocycles. The molecule has 6 heteroatoms. The van der Waals surface area contributed by atoms with Gasteiger partial charge in [0, 0.05) is 35.6 Å². The van der Waals surface area contributed by atoms with Crippen LogP contribution in [0.1, 0.15) is 10.6 Å². The van der Waals surface area contributed by atoms with Crippen LogP contribution in [0.2, 0.25) is 0 Å². The van der Waals surface area contributed by atoms with Crippen LogP contribution >= 0.6 is 11.3 Å². The Labute approximate surface area is 133 Å². The molecule has 0 aliphatic carbocycles. The first-order valence-corrected chi connectivity index (χ1v) is 7.83. The minimum atomic E-state index is -0.0985. The van der Waals surface area contributed by atoms with Crippen LogP contribution in [0.3, 0.4) is 0 Å². The van der Waals surface area contributed by atoms with E-state index in [4.69, 9.17) is 0 Å². The fraction of sp³-hybridized carbons (Fsp3) is 0.312. The lowest BCUT2D eigenvalue weighted by molar-refractivity contribution is -0.129. The monoisotopic (exact) mass is 315 g/mol. The van der Waals surface area contributed by atoms with Crippen LogP contribution in [-0.2, 0) is 16.0 Å². The predicted molar refractivity (Wildman–Crippen MR) is 87.0 cm³/mol. The van der Waals surface area contributed by atoms with Gasteiger partial charge in [-0.15, -0.1) is 11.3 Å². The highest BCUT2D eigenvalue weighted by Crippen LogP contribution is 2.34. The maximum Gasteiger partial charge on any atom is 0.242 e. The van der Waals surface area contributed by atoms with Crippen molar-refractivity contribution in [2.45, 2.75) is 13.3 Å². The Kier molecular flexibility index (Phi) is 3.70. The molecule has 0 unspecified atom stereocenters. The molecule has 2 amide bonds. The summed E-state index contributed by atoms with van der Waals surface area (Å²) in [7, 11) is 3.37. The van der Waals surface area contributed by atoms with Gasteiger partial charge in [-0.2, -0.15) is 0 Å². The molecule has 0 N–H and O–H groups in total. The molecule has 0 saturated carbocycles. The normalized spacial score (nSPS) is 13.4. The smallest absolute Gasteiger partial charge is 0.242 e. The van der Waals surface area contributed by atoms with Crippen molar-refractivity contribution in [3.05, 3.63) is 35.0 Å². The summed E-state index contributed by atoms with van der Waals surface area (Å²) < 4.78 is 0. The van der Waals surface area contributed by atoms with Gasteiger partial charge in [0.15, 0.2) is 0 Å². The van der Waals surface area contributed by atoms with Crippen LogP contribution in [-0.4, -0.2) is 42.3 Å². The quantitative estimate of drug-likeness (QED) is 0.871. The second-order valence-corrected chi connectivity index (χ2v) is 6.83. The number of hydrogen-bond donors (Lipinski definition) is 0. The number of nitrogens with zero attached hydrogens (tertiary/aromatic N) is 3. The lowest BCUT2D eigenvalue weighted by Crippen LogP contribution is -2.38. The van der Waals surface area contributed by atoms with Crippen molar-refractivity contribution in [1.82, 2.24) is 9.88 Å². The van der Waals surface area contributed by atoms with E-state index in [-0.39, 0.29) is 24.8 Å². The van der Waals surface area contributed by atoms with Crippen molar-refractivity contribution >= 4 is 28.8 Å². The van der Waals surface area contributed by atoms with Gasteiger partial charge in [-0.1, -0.05) is 0 Å². The molecule has 0 radical (unpaired) electrons. The molecule has 0 spiro atoms. The summed E-state index contributed by atoms with van der Waals surface area (Å²) in [4.78, 5) is 33.9. The molecule has 1 aliphatic rings. The Bertz CT molecular complexity index is 752. The zero-order chi connectivity index (χ0) is 15.9. The van der Waals surface area contributed by atoms with Gasteiger partial charge >= 0.3 is 0 Å². The molecule has 3 heterocycles. The SMILES string of the molecule is Cc1ccc(-c2cnc3c(c2)N(CC(=O)N(C)C)C(=O)C3)s1. The number of aromatic nitrogens is 1. The number of pyridine rings is 1. The number of carbonyl (C=O) groups is 2. The number of rotatable bonds is 3. The molecule has 22 heavy (non-hydrogen) atoms. The first kappa shape index (κ1) is 14.7. The Balaban J connectivity index is 1.95. The zero-order valence-corrected chi connectivity index (χ0v) is 13.6. The van der Waals surface area contributed by atoms with Gasteiger partial charge in [-0.25, -0.2) is 0 Å². The largest absolute Gasteiger partial charge is 0.347 e. The van der Waals surface area contributed by atoms with Gasteiger partial charge in [0.1, 0.15) is 6.54 Å². The molecule has 5 nitrogen and oxygen atoms in total. The molecular weight excluding hydrogens is 298 g/mol. The van der Waals surface area contributed by atoms with E-state index in [1.54, 1.807) is 31.6 Å². The van der Waals surface area contributed by atoms with E-state index in [0.717, 1.165) is 21.8 Å². The zero-order valence-electron chi connectivity index (χ0n) is 12.8. The van der Waals surface area contributed by atoms with Gasteiger partial charge < -0.3 is 9.80 Å². The van der Waals surface area contributed by atoms with Crippen LogP contribution < -0.4 is 4.90 Å².